The van der Waals surface area contributed by atoms with Gasteiger partial charge in [-0.2, -0.15) is 0 Å². The van der Waals surface area contributed by atoms with Gasteiger partial charge >= 0.3 is 5.69 Å². The van der Waals surface area contributed by atoms with Crippen LogP contribution in [0.5, 0.6) is 0 Å². The molecule has 1 fully saturated rings. The number of nitrogens with one attached hydrogen (secondary N) is 1. The van der Waals surface area contributed by atoms with E-state index in [0.29, 0.717) is 13.0 Å². The van der Waals surface area contributed by atoms with Gasteiger partial charge in [-0.05, 0) is 25.3 Å². The van der Waals surface area contributed by atoms with Gasteiger partial charge in [-0.3, -0.25) is 28.0 Å². The molecule has 0 saturated carbocycles. The van der Waals surface area contributed by atoms with Gasteiger partial charge in [0.15, 0.2) is 0 Å². The molecule has 22 heteroatoms. The van der Waals surface area contributed by atoms with Crippen LogP contribution in [0.15, 0.2) is 20.9 Å². The van der Waals surface area contributed by atoms with Crippen molar-refractivity contribution in [2.24, 2.45) is 5.11 Å². The van der Waals surface area contributed by atoms with Gasteiger partial charge in [0.2, 0.25) is 0 Å². The molecule has 0 amide bonds. The highest BCUT2D eigenvalue weighted by molar-refractivity contribution is 7.65. The Kier molecular flexibility index (Phi) is 15.5. The Balaban J connectivity index is 1.69. The second kappa shape index (κ2) is 17.7. The number of aryl methyl sites for hydroxylation is 1. The molecule has 246 valence electrons. The third-order valence-corrected chi connectivity index (χ3v) is 10.3. The molecule has 4 unspecified atom stereocenters. The van der Waals surface area contributed by atoms with Crippen molar-refractivity contribution in [1.82, 2.24) is 9.55 Å². The van der Waals surface area contributed by atoms with E-state index in [4.69, 9.17) is 10.3 Å². The molecule has 1 aromatic rings. The maximum atomic E-state index is 12.0. The van der Waals surface area contributed by atoms with Crippen molar-refractivity contribution in [3.8, 4) is 0 Å². The highest BCUT2D eigenvalue weighted by Gasteiger charge is 2.37. The van der Waals surface area contributed by atoms with E-state index in [0.717, 1.165) is 49.5 Å². The summed E-state index contributed by atoms with van der Waals surface area (Å²) < 4.78 is 58.6. The van der Waals surface area contributed by atoms with Crippen LogP contribution in [0.2, 0.25) is 0 Å². The highest BCUT2D eigenvalue weighted by atomic mass is 31.3. The summed E-state index contributed by atoms with van der Waals surface area (Å²) in [6.45, 7) is 0.543. The molecule has 1 aliphatic rings. The maximum absolute atomic E-state index is 12.0. The molecule has 0 radical (unpaired) electrons. The van der Waals surface area contributed by atoms with Crippen LogP contribution < -0.4 is 25.9 Å². The Labute approximate surface area is 246 Å². The minimum absolute atomic E-state index is 0.166. The summed E-state index contributed by atoms with van der Waals surface area (Å²) in [5, 5.41) is 13.6. The Hall–Kier alpha value is -1.68. The molecule has 2 heterocycles. The van der Waals surface area contributed by atoms with Gasteiger partial charge < -0.3 is 33.6 Å². The van der Waals surface area contributed by atoms with Crippen molar-refractivity contribution in [2.45, 2.75) is 89.6 Å². The van der Waals surface area contributed by atoms with Crippen LogP contribution in [-0.2, 0) is 36.1 Å². The summed E-state index contributed by atoms with van der Waals surface area (Å²) in [6, 6.07) is 0. The number of aromatic nitrogens is 2. The molecule has 1 aromatic heterocycles. The number of azide groups is 1. The molecule has 0 aromatic carbocycles. The minimum Gasteiger partial charge on any atom is -0.756 e. The molecule has 0 spiro atoms. The molecular weight excluding hydrogens is 639 g/mol. The minimum atomic E-state index is -6.03. The van der Waals surface area contributed by atoms with Crippen molar-refractivity contribution in [3.63, 3.8) is 0 Å². The third-order valence-electron chi connectivity index (χ3n) is 6.17. The van der Waals surface area contributed by atoms with Crippen molar-refractivity contribution in [2.75, 3.05) is 19.8 Å². The number of hydrogen-bond donors (Lipinski definition) is 2. The lowest BCUT2D eigenvalue weighted by atomic mass is 10.1. The average Bonchev–Trinajstić information content (AvgIpc) is 3.26. The number of phosphoric acid groups is 3. The summed E-state index contributed by atoms with van der Waals surface area (Å²) in [5.74, 6) is 0. The van der Waals surface area contributed by atoms with Crippen molar-refractivity contribution in [3.05, 3.63) is 43.0 Å². The smallest absolute Gasteiger partial charge is 0.330 e. The second-order valence-corrected chi connectivity index (χ2v) is 14.2. The summed E-state index contributed by atoms with van der Waals surface area (Å²) in [5.41, 5.74) is 6.89. The van der Waals surface area contributed by atoms with Crippen LogP contribution in [0.3, 0.4) is 0 Å². The standard InChI is InChI=1S/C21H38N5O14P3/c1-16-14-26(21(29)24-20(16)28)19-13-17(27)18(38-19)15-37-42(32,33)40-43(34,35)39-41(30,31)36-12-10-8-6-4-2-3-5-7-9-11-23-25-22/h14,17-19,27H,2-13,15H2,1H3,(H,30,31)(H,32,33)(H,34,35)(H,24,28,29)/p-3/t17?,18-,19-/m1/s1. The third kappa shape index (κ3) is 14.3. The molecule has 19 nitrogen and oxygen atoms in total. The molecule has 2 N–H and O–H groups in total. The Morgan fingerprint density at radius 1 is 1.00 bits per heavy atom. The molecule has 1 aliphatic heterocycles. The van der Waals surface area contributed by atoms with Crippen molar-refractivity contribution >= 4 is 23.5 Å². The first-order chi connectivity index (χ1) is 20.1. The van der Waals surface area contributed by atoms with Crippen molar-refractivity contribution < 1.29 is 55.9 Å². The van der Waals surface area contributed by atoms with E-state index >= 15 is 0 Å². The lowest BCUT2D eigenvalue weighted by molar-refractivity contribution is -0.251. The SMILES string of the molecule is Cc1cn([C@H]2CC(O)[C@@H](COP(=O)([O-])OP(=O)([O-])OP(=O)([O-])OCCCCCCCCCCCN=[N+]=[N-])O2)c(=O)[nH]c1=O. The van der Waals surface area contributed by atoms with Crippen LogP contribution in [0.1, 0.15) is 76.0 Å². The maximum Gasteiger partial charge on any atom is 0.330 e. The fourth-order valence-electron chi connectivity index (χ4n) is 4.05. The normalized spacial score (nSPS) is 22.8. The van der Waals surface area contributed by atoms with Crippen LogP contribution >= 0.6 is 23.5 Å². The largest absolute Gasteiger partial charge is 0.756 e. The van der Waals surface area contributed by atoms with Crippen LogP contribution in [-0.4, -0.2) is 46.6 Å². The second-order valence-electron chi connectivity index (χ2n) is 9.68. The number of aliphatic hydroxyl groups is 1. The number of aliphatic hydroxyl groups excluding tert-OH is 1. The van der Waals surface area contributed by atoms with Crippen LogP contribution in [0.4, 0.5) is 0 Å². The quantitative estimate of drug-likeness (QED) is 0.0618. The van der Waals surface area contributed by atoms with E-state index in [9.17, 15) is 43.1 Å². The first-order valence-corrected chi connectivity index (χ1v) is 17.8. The average molecular weight is 674 g/mol. The first-order valence-electron chi connectivity index (χ1n) is 13.5. The molecule has 43 heavy (non-hydrogen) atoms. The molecule has 0 aliphatic carbocycles. The number of nitrogens with zero attached hydrogens (tertiary/aromatic N) is 4. The molecule has 2 rings (SSSR count). The van der Waals surface area contributed by atoms with Gasteiger partial charge in [0.25, 0.3) is 29.0 Å². The zero-order valence-corrected chi connectivity index (χ0v) is 26.1. The molecule has 6 atom stereocenters. The molecule has 1 saturated heterocycles. The lowest BCUT2D eigenvalue weighted by Crippen LogP contribution is -2.33. The Morgan fingerprint density at radius 3 is 2.16 bits per heavy atom. The number of rotatable bonds is 21. The zero-order chi connectivity index (χ0) is 32.1. The lowest BCUT2D eigenvalue weighted by Gasteiger charge is -2.34. The van der Waals surface area contributed by atoms with Crippen LogP contribution in [0, 0.1) is 6.92 Å². The van der Waals surface area contributed by atoms with Crippen molar-refractivity contribution in [1.29, 1.82) is 0 Å². The predicted molar refractivity (Wildman–Crippen MR) is 143 cm³/mol. The Bertz CT molecular complexity index is 1350. The van der Waals surface area contributed by atoms with E-state index in [2.05, 4.69) is 27.7 Å². The summed E-state index contributed by atoms with van der Waals surface area (Å²) in [4.78, 5) is 64.1. The van der Waals surface area contributed by atoms with Gasteiger partial charge in [0.1, 0.15) is 12.3 Å². The predicted octanol–water partition coefficient (Wildman–Crippen LogP) is 1.79. The number of unbranched alkanes of at least 4 members (excludes halogenated alkanes) is 8. The van der Waals surface area contributed by atoms with Gasteiger partial charge in [-0.25, -0.2) is 13.4 Å². The number of hydrogen-bond acceptors (Lipinski definition) is 15. The monoisotopic (exact) mass is 674 g/mol. The van der Waals surface area contributed by atoms with Gasteiger partial charge in [0, 0.05) is 29.6 Å². The first kappa shape index (κ1) is 37.5. The summed E-state index contributed by atoms with van der Waals surface area (Å²) >= 11 is 0. The van der Waals surface area contributed by atoms with Gasteiger partial charge in [0.05, 0.1) is 19.3 Å². The highest BCUT2D eigenvalue weighted by Crippen LogP contribution is 2.63. The Morgan fingerprint density at radius 2 is 1.56 bits per heavy atom. The van der Waals surface area contributed by atoms with Gasteiger partial charge in [-0.15, -0.1) is 0 Å². The number of phosphoric ester groups is 2. The summed E-state index contributed by atoms with van der Waals surface area (Å²) in [7, 11) is -17.3. The molecular formula is C21H35N5O14P3-3. The van der Waals surface area contributed by atoms with E-state index in [1.807, 2.05) is 4.98 Å². The van der Waals surface area contributed by atoms with E-state index in [1.54, 1.807) is 0 Å². The number of H-pyrrole nitrogens is 1. The van der Waals surface area contributed by atoms with E-state index < -0.39 is 66.4 Å². The summed E-state index contributed by atoms with van der Waals surface area (Å²) in [6.07, 6.45) is 4.48. The fourth-order valence-corrected chi connectivity index (χ4v) is 7.46. The fraction of sp³-hybridized carbons (Fsp3) is 0.810. The van der Waals surface area contributed by atoms with E-state index in [1.165, 1.54) is 13.1 Å². The zero-order valence-electron chi connectivity index (χ0n) is 23.4. The topological polar surface area (TPSA) is 290 Å². The van der Waals surface area contributed by atoms with E-state index in [-0.39, 0.29) is 18.4 Å². The van der Waals surface area contributed by atoms with Gasteiger partial charge in [-0.1, -0.05) is 50.1 Å². The number of ether oxygens (including phenoxy) is 1. The number of aromatic amines is 1. The van der Waals surface area contributed by atoms with Crippen LogP contribution in [0.25, 0.3) is 10.4 Å². The molecule has 0 bridgehead atoms.